The quantitative estimate of drug-likeness (QED) is 0.878. The molecular formula is C15H23N3O4. The molecule has 1 aromatic rings. The molecule has 0 saturated carbocycles. The molecular weight excluding hydrogens is 286 g/mol. The van der Waals surface area contributed by atoms with Crippen LogP contribution in [0.25, 0.3) is 0 Å². The van der Waals surface area contributed by atoms with Crippen molar-refractivity contribution in [3.05, 3.63) is 34.2 Å². The first-order valence-corrected chi connectivity index (χ1v) is 7.02. The molecule has 0 spiro atoms. The predicted molar refractivity (Wildman–Crippen MR) is 82.9 cm³/mol. The van der Waals surface area contributed by atoms with Gasteiger partial charge in [-0.25, -0.2) is 4.79 Å². The van der Waals surface area contributed by atoms with Crippen LogP contribution >= 0.6 is 0 Å². The second kappa shape index (κ2) is 7.11. The van der Waals surface area contributed by atoms with Crippen LogP contribution in [0.3, 0.4) is 0 Å². The van der Waals surface area contributed by atoms with Crippen molar-refractivity contribution in [1.82, 2.24) is 15.2 Å². The third-order valence-electron chi connectivity index (χ3n) is 2.69. The molecule has 0 bridgehead atoms. The number of rotatable bonds is 4. The number of aromatic amines is 1. The van der Waals surface area contributed by atoms with Crippen LogP contribution in [0, 0.1) is 0 Å². The maximum Gasteiger partial charge on any atom is 0.407 e. The van der Waals surface area contributed by atoms with E-state index in [9.17, 15) is 14.4 Å². The highest BCUT2D eigenvalue weighted by molar-refractivity contribution is 5.93. The van der Waals surface area contributed by atoms with Crippen LogP contribution in [0.15, 0.2) is 23.1 Å². The molecule has 0 fully saturated rings. The Hall–Kier alpha value is -2.31. The molecule has 7 nitrogen and oxygen atoms in total. The molecule has 0 aliphatic heterocycles. The minimum atomic E-state index is -0.568. The maximum absolute atomic E-state index is 12.2. The molecule has 2 N–H and O–H groups in total. The van der Waals surface area contributed by atoms with Gasteiger partial charge in [-0.2, -0.15) is 0 Å². The van der Waals surface area contributed by atoms with Crippen molar-refractivity contribution >= 4 is 12.0 Å². The summed E-state index contributed by atoms with van der Waals surface area (Å²) in [6.07, 6.45) is 0.845. The molecule has 2 amide bonds. The van der Waals surface area contributed by atoms with Gasteiger partial charge in [0, 0.05) is 31.9 Å². The third-order valence-corrected chi connectivity index (χ3v) is 2.69. The number of pyridine rings is 1. The number of nitrogens with one attached hydrogen (secondary N) is 2. The average Bonchev–Trinajstić information content (AvgIpc) is 2.35. The van der Waals surface area contributed by atoms with Crippen LogP contribution in [0.4, 0.5) is 4.79 Å². The van der Waals surface area contributed by atoms with E-state index in [0.717, 1.165) is 0 Å². The van der Waals surface area contributed by atoms with E-state index in [1.807, 2.05) is 0 Å². The monoisotopic (exact) mass is 309 g/mol. The van der Waals surface area contributed by atoms with E-state index in [-0.39, 0.29) is 17.5 Å². The Balaban J connectivity index is 2.55. The van der Waals surface area contributed by atoms with Gasteiger partial charge in [0.2, 0.25) is 5.56 Å². The van der Waals surface area contributed by atoms with Crippen LogP contribution in [0.5, 0.6) is 0 Å². The Kier molecular flexibility index (Phi) is 5.73. The second-order valence-corrected chi connectivity index (χ2v) is 6.17. The summed E-state index contributed by atoms with van der Waals surface area (Å²) in [7, 11) is 1.63. The van der Waals surface area contributed by atoms with Crippen LogP contribution in [0.2, 0.25) is 0 Å². The zero-order chi connectivity index (χ0) is 16.9. The normalized spacial score (nSPS) is 12.4. The number of carbonyl (C=O) groups is 2. The summed E-state index contributed by atoms with van der Waals surface area (Å²) in [6.45, 7) is 7.44. The fourth-order valence-corrected chi connectivity index (χ4v) is 1.81. The van der Waals surface area contributed by atoms with Crippen molar-refractivity contribution in [2.75, 3.05) is 13.6 Å². The first-order valence-electron chi connectivity index (χ1n) is 7.02. The minimum absolute atomic E-state index is 0.242. The van der Waals surface area contributed by atoms with Gasteiger partial charge in [-0.15, -0.1) is 0 Å². The van der Waals surface area contributed by atoms with Gasteiger partial charge in [0.05, 0.1) is 5.56 Å². The largest absolute Gasteiger partial charge is 0.444 e. The van der Waals surface area contributed by atoms with Gasteiger partial charge in [-0.1, -0.05) is 0 Å². The Morgan fingerprint density at radius 1 is 1.36 bits per heavy atom. The van der Waals surface area contributed by atoms with Crippen molar-refractivity contribution in [2.24, 2.45) is 0 Å². The first kappa shape index (κ1) is 17.7. The van der Waals surface area contributed by atoms with Crippen molar-refractivity contribution in [3.63, 3.8) is 0 Å². The van der Waals surface area contributed by atoms with Crippen LogP contribution < -0.4 is 10.9 Å². The number of amides is 2. The molecule has 0 aliphatic rings. The first-order chi connectivity index (χ1) is 10.1. The molecule has 1 atom stereocenters. The highest BCUT2D eigenvalue weighted by Gasteiger charge is 2.20. The molecule has 0 radical (unpaired) electrons. The zero-order valence-corrected chi connectivity index (χ0v) is 13.6. The van der Waals surface area contributed by atoms with E-state index < -0.39 is 11.7 Å². The number of alkyl carbamates (subject to hydrolysis) is 1. The standard InChI is InChI=1S/C15H23N3O4/c1-10(17-14(21)22-15(2,3)4)9-18(5)13(20)11-6-7-12(19)16-8-11/h6-8,10H,9H2,1-5H3,(H,16,19)(H,17,21). The fraction of sp³-hybridized carbons (Fsp3) is 0.533. The van der Waals surface area contributed by atoms with Gasteiger partial charge in [0.1, 0.15) is 5.60 Å². The van der Waals surface area contributed by atoms with Gasteiger partial charge in [0.25, 0.3) is 5.91 Å². The number of hydrogen-bond acceptors (Lipinski definition) is 4. The molecule has 1 aromatic heterocycles. The van der Waals surface area contributed by atoms with Gasteiger partial charge in [-0.05, 0) is 33.8 Å². The number of hydrogen-bond donors (Lipinski definition) is 2. The van der Waals surface area contributed by atoms with Gasteiger partial charge in [0.15, 0.2) is 0 Å². The average molecular weight is 309 g/mol. The lowest BCUT2D eigenvalue weighted by Gasteiger charge is -2.25. The molecule has 1 unspecified atom stereocenters. The van der Waals surface area contributed by atoms with Gasteiger partial charge >= 0.3 is 6.09 Å². The number of nitrogens with zero attached hydrogens (tertiary/aromatic N) is 1. The van der Waals surface area contributed by atoms with E-state index in [0.29, 0.717) is 12.1 Å². The Labute approximate surface area is 129 Å². The molecule has 7 heteroatoms. The summed E-state index contributed by atoms with van der Waals surface area (Å²) in [5, 5.41) is 2.67. The fourth-order valence-electron chi connectivity index (χ4n) is 1.81. The van der Waals surface area contributed by atoms with Crippen LogP contribution in [-0.2, 0) is 4.74 Å². The zero-order valence-electron chi connectivity index (χ0n) is 13.6. The Morgan fingerprint density at radius 3 is 2.50 bits per heavy atom. The lowest BCUT2D eigenvalue weighted by Crippen LogP contribution is -2.44. The highest BCUT2D eigenvalue weighted by atomic mass is 16.6. The van der Waals surface area contributed by atoms with E-state index >= 15 is 0 Å². The van der Waals surface area contributed by atoms with Crippen LogP contribution in [-0.4, -0.2) is 47.1 Å². The van der Waals surface area contributed by atoms with Gasteiger partial charge < -0.3 is 19.9 Å². The van der Waals surface area contributed by atoms with E-state index in [1.54, 1.807) is 34.7 Å². The molecule has 0 saturated heterocycles. The van der Waals surface area contributed by atoms with E-state index in [4.69, 9.17) is 4.74 Å². The van der Waals surface area contributed by atoms with Crippen molar-refractivity contribution in [3.8, 4) is 0 Å². The van der Waals surface area contributed by atoms with Crippen molar-refractivity contribution in [2.45, 2.75) is 39.3 Å². The lowest BCUT2D eigenvalue weighted by molar-refractivity contribution is 0.0491. The smallest absolute Gasteiger partial charge is 0.407 e. The molecule has 1 rings (SSSR count). The van der Waals surface area contributed by atoms with Gasteiger partial charge in [-0.3, -0.25) is 9.59 Å². The predicted octanol–water partition coefficient (Wildman–Crippen LogP) is 1.36. The van der Waals surface area contributed by atoms with E-state index in [1.165, 1.54) is 23.2 Å². The lowest BCUT2D eigenvalue weighted by atomic mass is 10.2. The Morgan fingerprint density at radius 2 is 2.00 bits per heavy atom. The summed E-state index contributed by atoms with van der Waals surface area (Å²) in [5.41, 5.74) is -0.452. The Bertz CT molecular complexity index is 569. The summed E-state index contributed by atoms with van der Waals surface area (Å²) in [6, 6.07) is 2.49. The van der Waals surface area contributed by atoms with Crippen molar-refractivity contribution in [1.29, 1.82) is 0 Å². The number of likely N-dealkylation sites (N-methyl/N-ethyl adjacent to an activating group) is 1. The summed E-state index contributed by atoms with van der Waals surface area (Å²) in [5.74, 6) is -0.242. The molecule has 0 aromatic carbocycles. The summed E-state index contributed by atoms with van der Waals surface area (Å²) < 4.78 is 5.16. The van der Waals surface area contributed by atoms with Crippen LogP contribution in [0.1, 0.15) is 38.1 Å². The molecule has 22 heavy (non-hydrogen) atoms. The topological polar surface area (TPSA) is 91.5 Å². The maximum atomic E-state index is 12.2. The highest BCUT2D eigenvalue weighted by Crippen LogP contribution is 2.07. The summed E-state index contributed by atoms with van der Waals surface area (Å²) >= 11 is 0. The molecule has 1 heterocycles. The number of H-pyrrole nitrogens is 1. The van der Waals surface area contributed by atoms with E-state index in [2.05, 4.69) is 10.3 Å². The number of ether oxygens (including phenoxy) is 1. The minimum Gasteiger partial charge on any atom is -0.444 e. The molecule has 0 aliphatic carbocycles. The second-order valence-electron chi connectivity index (χ2n) is 6.17. The van der Waals surface area contributed by atoms with Crippen molar-refractivity contribution < 1.29 is 14.3 Å². The third kappa shape index (κ3) is 5.99. The number of carbonyl (C=O) groups excluding carboxylic acids is 2. The summed E-state index contributed by atoms with van der Waals surface area (Å²) in [4.78, 5) is 38.7. The number of aromatic nitrogens is 1. The molecule has 122 valence electrons. The SMILES string of the molecule is CC(CN(C)C(=O)c1ccc(=O)[nH]c1)NC(=O)OC(C)(C)C.